The normalized spacial score (nSPS) is 17.2. The summed E-state index contributed by atoms with van der Waals surface area (Å²) in [7, 11) is -3.83. The van der Waals surface area contributed by atoms with Crippen LogP contribution in [0.1, 0.15) is 18.4 Å². The fraction of sp³-hybridized carbons (Fsp3) is 0.286. The first kappa shape index (κ1) is 20.1. The van der Waals surface area contributed by atoms with Gasteiger partial charge in [-0.25, -0.2) is 8.42 Å². The van der Waals surface area contributed by atoms with Crippen LogP contribution < -0.4 is 5.56 Å². The Labute approximate surface area is 174 Å². The molecule has 0 radical (unpaired) electrons. The Morgan fingerprint density at radius 3 is 2.62 bits per heavy atom. The molecule has 0 aliphatic carbocycles. The predicted octanol–water partition coefficient (Wildman–Crippen LogP) is 3.55. The average molecular weight is 433 g/mol. The van der Waals surface area contributed by atoms with E-state index in [2.05, 4.69) is 4.98 Å². The van der Waals surface area contributed by atoms with Gasteiger partial charge in [0.05, 0.1) is 11.0 Å². The summed E-state index contributed by atoms with van der Waals surface area (Å²) in [5.41, 5.74) is 0.805. The van der Waals surface area contributed by atoms with Gasteiger partial charge in [0.1, 0.15) is 0 Å². The summed E-state index contributed by atoms with van der Waals surface area (Å²) in [6, 6.07) is 15.2. The van der Waals surface area contributed by atoms with Crippen LogP contribution in [0.25, 0.3) is 10.9 Å². The summed E-state index contributed by atoms with van der Waals surface area (Å²) in [5, 5.41) is 1.31. The van der Waals surface area contributed by atoms with E-state index in [4.69, 9.17) is 16.3 Å². The molecule has 1 aliphatic heterocycles. The first-order chi connectivity index (χ1) is 13.9. The lowest BCUT2D eigenvalue weighted by molar-refractivity contribution is 0.0925. The standard InChI is InChI=1S/C21H21ClN2O4S/c22-17-7-9-19(10-8-17)29(26,27)24(14-18-5-3-11-28-18)13-16-12-15-4-1-2-6-20(15)23-21(16)25/h1-2,4,6-10,12,18H,3,5,11,13-14H2,(H,23,25). The van der Waals surface area contributed by atoms with Gasteiger partial charge in [-0.15, -0.1) is 0 Å². The van der Waals surface area contributed by atoms with Crippen LogP contribution in [0.3, 0.4) is 0 Å². The molecule has 1 N–H and O–H groups in total. The second-order valence-electron chi connectivity index (χ2n) is 7.10. The monoisotopic (exact) mass is 432 g/mol. The summed E-state index contributed by atoms with van der Waals surface area (Å²) in [5.74, 6) is 0. The van der Waals surface area contributed by atoms with Gasteiger partial charge in [0, 0.05) is 35.8 Å². The molecule has 0 amide bonds. The molecule has 6 nitrogen and oxygen atoms in total. The molecule has 1 unspecified atom stereocenters. The van der Waals surface area contributed by atoms with Crippen molar-refractivity contribution >= 4 is 32.5 Å². The van der Waals surface area contributed by atoms with E-state index < -0.39 is 10.0 Å². The molecule has 2 heterocycles. The number of nitrogens with zero attached hydrogens (tertiary/aromatic N) is 1. The van der Waals surface area contributed by atoms with Gasteiger partial charge >= 0.3 is 0 Å². The zero-order valence-corrected chi connectivity index (χ0v) is 17.2. The van der Waals surface area contributed by atoms with E-state index in [0.717, 1.165) is 18.2 Å². The molecule has 1 aliphatic rings. The number of rotatable bonds is 6. The van der Waals surface area contributed by atoms with E-state index in [9.17, 15) is 13.2 Å². The number of ether oxygens (including phenoxy) is 1. The fourth-order valence-corrected chi connectivity index (χ4v) is 5.09. The van der Waals surface area contributed by atoms with Gasteiger partial charge in [0.25, 0.3) is 5.56 Å². The second-order valence-corrected chi connectivity index (χ2v) is 9.47. The number of halogens is 1. The molecular formula is C21H21ClN2O4S. The summed E-state index contributed by atoms with van der Waals surface area (Å²) < 4.78 is 33.6. The molecule has 29 heavy (non-hydrogen) atoms. The van der Waals surface area contributed by atoms with E-state index in [1.54, 1.807) is 18.2 Å². The fourth-order valence-electron chi connectivity index (χ4n) is 3.52. The zero-order valence-electron chi connectivity index (χ0n) is 15.7. The molecule has 1 saturated heterocycles. The second kappa shape index (κ2) is 8.28. The number of hydrogen-bond acceptors (Lipinski definition) is 4. The summed E-state index contributed by atoms with van der Waals surface area (Å²) >= 11 is 5.91. The van der Waals surface area contributed by atoms with Crippen LogP contribution in [0.2, 0.25) is 5.02 Å². The highest BCUT2D eigenvalue weighted by Gasteiger charge is 2.30. The van der Waals surface area contributed by atoms with Gasteiger partial charge in [0.2, 0.25) is 10.0 Å². The summed E-state index contributed by atoms with van der Waals surface area (Å²) in [4.78, 5) is 15.6. The zero-order chi connectivity index (χ0) is 20.4. The van der Waals surface area contributed by atoms with Crippen molar-refractivity contribution in [2.24, 2.45) is 0 Å². The SMILES string of the molecule is O=c1[nH]c2ccccc2cc1CN(CC1CCCO1)S(=O)(=O)c1ccc(Cl)cc1. The Bertz CT molecular complexity index is 1170. The molecule has 1 fully saturated rings. The van der Waals surface area contributed by atoms with Crippen LogP contribution in [-0.2, 0) is 21.3 Å². The molecule has 2 aromatic carbocycles. The van der Waals surface area contributed by atoms with E-state index in [0.29, 0.717) is 22.7 Å². The number of pyridine rings is 1. The van der Waals surface area contributed by atoms with Crippen molar-refractivity contribution in [3.8, 4) is 0 Å². The maximum absolute atomic E-state index is 13.3. The van der Waals surface area contributed by atoms with Gasteiger partial charge in [-0.2, -0.15) is 4.31 Å². The van der Waals surface area contributed by atoms with Gasteiger partial charge in [-0.05, 0) is 54.6 Å². The van der Waals surface area contributed by atoms with Crippen molar-refractivity contribution in [1.29, 1.82) is 0 Å². The Morgan fingerprint density at radius 2 is 1.90 bits per heavy atom. The number of para-hydroxylation sites is 1. The number of benzene rings is 2. The van der Waals surface area contributed by atoms with Gasteiger partial charge in [-0.3, -0.25) is 4.79 Å². The predicted molar refractivity (Wildman–Crippen MR) is 113 cm³/mol. The smallest absolute Gasteiger partial charge is 0.252 e. The van der Waals surface area contributed by atoms with E-state index >= 15 is 0 Å². The number of aromatic nitrogens is 1. The lowest BCUT2D eigenvalue weighted by Crippen LogP contribution is -2.38. The third-order valence-corrected chi connectivity index (χ3v) is 7.14. The highest BCUT2D eigenvalue weighted by Crippen LogP contribution is 2.23. The molecule has 3 aromatic rings. The average Bonchev–Trinajstić information content (AvgIpc) is 3.21. The van der Waals surface area contributed by atoms with E-state index in [1.165, 1.54) is 16.4 Å². The Balaban J connectivity index is 1.71. The molecule has 1 aromatic heterocycles. The van der Waals surface area contributed by atoms with E-state index in [-0.39, 0.29) is 29.6 Å². The highest BCUT2D eigenvalue weighted by molar-refractivity contribution is 7.89. The minimum absolute atomic E-state index is 0.0367. The Morgan fingerprint density at radius 1 is 1.14 bits per heavy atom. The number of aromatic amines is 1. The van der Waals surface area contributed by atoms with Gasteiger partial charge in [0.15, 0.2) is 0 Å². The minimum atomic E-state index is -3.83. The topological polar surface area (TPSA) is 79.5 Å². The highest BCUT2D eigenvalue weighted by atomic mass is 35.5. The van der Waals surface area contributed by atoms with Crippen molar-refractivity contribution in [3.63, 3.8) is 0 Å². The largest absolute Gasteiger partial charge is 0.377 e. The lowest BCUT2D eigenvalue weighted by Gasteiger charge is -2.25. The number of fused-ring (bicyclic) bond motifs is 1. The minimum Gasteiger partial charge on any atom is -0.377 e. The molecule has 0 saturated carbocycles. The third kappa shape index (κ3) is 4.38. The van der Waals surface area contributed by atoms with Crippen LogP contribution in [0.5, 0.6) is 0 Å². The molecule has 4 rings (SSSR count). The number of sulfonamides is 1. The van der Waals surface area contributed by atoms with Crippen molar-refractivity contribution in [3.05, 3.63) is 75.5 Å². The molecule has 8 heteroatoms. The first-order valence-corrected chi connectivity index (χ1v) is 11.2. The molecule has 152 valence electrons. The number of H-pyrrole nitrogens is 1. The van der Waals surface area contributed by atoms with Gasteiger partial charge < -0.3 is 9.72 Å². The Hall–Kier alpha value is -2.19. The van der Waals surface area contributed by atoms with Crippen LogP contribution in [-0.4, -0.2) is 37.0 Å². The van der Waals surface area contributed by atoms with Crippen LogP contribution >= 0.6 is 11.6 Å². The summed E-state index contributed by atoms with van der Waals surface area (Å²) in [6.45, 7) is 0.776. The van der Waals surface area contributed by atoms with Crippen LogP contribution in [0.15, 0.2) is 64.3 Å². The lowest BCUT2D eigenvalue weighted by atomic mass is 10.1. The maximum atomic E-state index is 13.3. The van der Waals surface area contributed by atoms with Crippen LogP contribution in [0, 0.1) is 0 Å². The van der Waals surface area contributed by atoms with Crippen molar-refractivity contribution < 1.29 is 13.2 Å². The molecule has 0 bridgehead atoms. The quantitative estimate of drug-likeness (QED) is 0.646. The summed E-state index contributed by atoms with van der Waals surface area (Å²) in [6.07, 6.45) is 1.51. The molecule has 1 atom stereocenters. The van der Waals surface area contributed by atoms with Crippen molar-refractivity contribution in [1.82, 2.24) is 9.29 Å². The van der Waals surface area contributed by atoms with Crippen molar-refractivity contribution in [2.75, 3.05) is 13.2 Å². The van der Waals surface area contributed by atoms with Crippen LogP contribution in [0.4, 0.5) is 0 Å². The third-order valence-electron chi connectivity index (χ3n) is 5.06. The maximum Gasteiger partial charge on any atom is 0.252 e. The number of nitrogens with one attached hydrogen (secondary N) is 1. The number of hydrogen-bond donors (Lipinski definition) is 1. The molecule has 0 spiro atoms. The van der Waals surface area contributed by atoms with E-state index in [1.807, 2.05) is 24.3 Å². The Kier molecular flexibility index (Phi) is 5.74. The van der Waals surface area contributed by atoms with Crippen molar-refractivity contribution in [2.45, 2.75) is 30.4 Å². The first-order valence-electron chi connectivity index (χ1n) is 9.42. The molecular weight excluding hydrogens is 412 g/mol. The van der Waals surface area contributed by atoms with Gasteiger partial charge in [-0.1, -0.05) is 29.8 Å².